The number of benzene rings is 1. The third-order valence-corrected chi connectivity index (χ3v) is 7.64. The summed E-state index contributed by atoms with van der Waals surface area (Å²) in [5, 5.41) is 7.21. The van der Waals surface area contributed by atoms with E-state index in [0.29, 0.717) is 43.7 Å². The van der Waals surface area contributed by atoms with Crippen LogP contribution in [0, 0.1) is 11.6 Å². The number of carbonyl (C=O) groups excluding carboxylic acids is 1. The van der Waals surface area contributed by atoms with Crippen molar-refractivity contribution in [2.75, 3.05) is 36.4 Å². The number of aromatic nitrogens is 5. The summed E-state index contributed by atoms with van der Waals surface area (Å²) in [5.74, 6) is -0.468. The van der Waals surface area contributed by atoms with Crippen molar-refractivity contribution in [3.63, 3.8) is 0 Å². The molecule has 10 nitrogen and oxygen atoms in total. The number of piperidine rings is 1. The Kier molecular flexibility index (Phi) is 6.63. The molecule has 1 aromatic carbocycles. The standard InChI is InChI=1S/C28H32F2N8O2/c1-28(2,3)26-34-27(40-35-26)37-12-8-18(9-13-37)38-15-20(30)22-23(31-16-32-24(22)38)33-21-7-6-17(14-19(21)29)25(39)36-10-4-5-11-36/h6-7,14-16,18H,4-5,8-13H2,1-3H3,(H,31,32,33). The highest BCUT2D eigenvalue weighted by molar-refractivity contribution is 5.95. The average molecular weight is 551 g/mol. The first-order chi connectivity index (χ1) is 19.2. The van der Waals surface area contributed by atoms with E-state index >= 15 is 8.78 Å². The van der Waals surface area contributed by atoms with Gasteiger partial charge in [0.15, 0.2) is 11.6 Å². The summed E-state index contributed by atoms with van der Waals surface area (Å²) >= 11 is 0. The van der Waals surface area contributed by atoms with Crippen LogP contribution in [0.4, 0.5) is 26.3 Å². The first-order valence-electron chi connectivity index (χ1n) is 13.6. The minimum absolute atomic E-state index is 0.00336. The Labute approximate surface area is 230 Å². The van der Waals surface area contributed by atoms with Crippen LogP contribution in [0.25, 0.3) is 11.0 Å². The molecule has 2 aliphatic rings. The SMILES string of the molecule is CC(C)(C)c1noc(N2CCC(n3cc(F)c4c(Nc5ccc(C(=O)N6CCCC6)cc5F)ncnc43)CC2)n1. The molecule has 40 heavy (non-hydrogen) atoms. The molecule has 0 radical (unpaired) electrons. The number of rotatable bonds is 5. The van der Waals surface area contributed by atoms with Crippen LogP contribution in [0.15, 0.2) is 35.2 Å². The molecule has 1 N–H and O–H groups in total. The van der Waals surface area contributed by atoms with E-state index in [2.05, 4.69) is 25.4 Å². The molecule has 12 heteroatoms. The van der Waals surface area contributed by atoms with Gasteiger partial charge in [0.1, 0.15) is 23.6 Å². The van der Waals surface area contributed by atoms with Crippen molar-refractivity contribution in [3.8, 4) is 0 Å². The van der Waals surface area contributed by atoms with Gasteiger partial charge in [0, 0.05) is 49.4 Å². The predicted molar refractivity (Wildman–Crippen MR) is 146 cm³/mol. The summed E-state index contributed by atoms with van der Waals surface area (Å²) in [6.45, 7) is 8.80. The molecule has 5 heterocycles. The van der Waals surface area contributed by atoms with Gasteiger partial charge in [-0.3, -0.25) is 4.79 Å². The summed E-state index contributed by atoms with van der Waals surface area (Å²) in [6, 6.07) is 4.78. The lowest BCUT2D eigenvalue weighted by Gasteiger charge is -2.31. The zero-order valence-electron chi connectivity index (χ0n) is 22.8. The van der Waals surface area contributed by atoms with E-state index in [1.54, 1.807) is 11.0 Å². The third-order valence-electron chi connectivity index (χ3n) is 7.64. The highest BCUT2D eigenvalue weighted by Gasteiger charge is 2.29. The molecule has 210 valence electrons. The van der Waals surface area contributed by atoms with Gasteiger partial charge < -0.3 is 24.2 Å². The molecule has 4 aromatic rings. The molecule has 0 atom stereocenters. The van der Waals surface area contributed by atoms with Crippen LogP contribution in [0.2, 0.25) is 0 Å². The molecule has 0 unspecified atom stereocenters. The molecule has 2 saturated heterocycles. The third kappa shape index (κ3) is 4.86. The number of nitrogens with zero attached hydrogens (tertiary/aromatic N) is 7. The monoisotopic (exact) mass is 550 g/mol. The molecule has 0 aliphatic carbocycles. The molecule has 2 fully saturated rings. The topological polar surface area (TPSA) is 105 Å². The second-order valence-electron chi connectivity index (χ2n) is 11.5. The Morgan fingerprint density at radius 2 is 1.80 bits per heavy atom. The Morgan fingerprint density at radius 3 is 2.48 bits per heavy atom. The number of halogens is 2. The number of hydrogen-bond acceptors (Lipinski definition) is 8. The van der Waals surface area contributed by atoms with Crippen LogP contribution in [-0.2, 0) is 5.41 Å². The van der Waals surface area contributed by atoms with Crippen molar-refractivity contribution in [3.05, 3.63) is 53.7 Å². The number of hydrogen-bond donors (Lipinski definition) is 1. The summed E-state index contributed by atoms with van der Waals surface area (Å²) in [4.78, 5) is 29.5. The van der Waals surface area contributed by atoms with E-state index in [1.165, 1.54) is 24.7 Å². The largest absolute Gasteiger partial charge is 0.339 e. The predicted octanol–water partition coefficient (Wildman–Crippen LogP) is 5.21. The van der Waals surface area contributed by atoms with Gasteiger partial charge in [0.05, 0.1) is 11.1 Å². The number of nitrogens with one attached hydrogen (secondary N) is 1. The van der Waals surface area contributed by atoms with Gasteiger partial charge in [-0.1, -0.05) is 25.9 Å². The molecule has 6 rings (SSSR count). The number of likely N-dealkylation sites (tertiary alicyclic amines) is 1. The van der Waals surface area contributed by atoms with Crippen LogP contribution >= 0.6 is 0 Å². The smallest absolute Gasteiger partial charge is 0.324 e. The van der Waals surface area contributed by atoms with Crippen molar-refractivity contribution in [2.45, 2.75) is 57.9 Å². The number of amides is 1. The maximum atomic E-state index is 15.3. The van der Waals surface area contributed by atoms with Crippen LogP contribution in [-0.4, -0.2) is 61.7 Å². The molecule has 0 saturated carbocycles. The second-order valence-corrected chi connectivity index (χ2v) is 11.5. The first kappa shape index (κ1) is 26.1. The summed E-state index contributed by atoms with van der Waals surface area (Å²) in [6.07, 6.45) is 6.14. The molecular weight excluding hydrogens is 518 g/mol. The van der Waals surface area contributed by atoms with E-state index in [9.17, 15) is 4.79 Å². The lowest BCUT2D eigenvalue weighted by atomic mass is 9.96. The van der Waals surface area contributed by atoms with Crippen molar-refractivity contribution in [1.82, 2.24) is 29.6 Å². The number of fused-ring (bicyclic) bond motifs is 1. The Hall–Kier alpha value is -4.09. The minimum atomic E-state index is -0.611. The van der Waals surface area contributed by atoms with Gasteiger partial charge in [0.2, 0.25) is 0 Å². The van der Waals surface area contributed by atoms with Crippen LogP contribution in [0.3, 0.4) is 0 Å². The van der Waals surface area contributed by atoms with E-state index in [1.807, 2.05) is 30.2 Å². The van der Waals surface area contributed by atoms with Crippen LogP contribution in [0.1, 0.15) is 68.7 Å². The molecular formula is C28H32F2N8O2. The van der Waals surface area contributed by atoms with E-state index in [4.69, 9.17) is 4.52 Å². The lowest BCUT2D eigenvalue weighted by molar-refractivity contribution is 0.0792. The molecule has 1 amide bonds. The van der Waals surface area contributed by atoms with Crippen molar-refractivity contribution >= 4 is 34.5 Å². The summed E-state index contributed by atoms with van der Waals surface area (Å²) < 4.78 is 37.6. The number of carbonyl (C=O) groups is 1. The minimum Gasteiger partial charge on any atom is -0.339 e. The van der Waals surface area contributed by atoms with Gasteiger partial charge >= 0.3 is 6.01 Å². The van der Waals surface area contributed by atoms with Gasteiger partial charge in [-0.25, -0.2) is 18.7 Å². The van der Waals surface area contributed by atoms with Gasteiger partial charge in [-0.2, -0.15) is 4.98 Å². The Balaban J connectivity index is 1.19. The number of anilines is 3. The zero-order chi connectivity index (χ0) is 28.0. The highest BCUT2D eigenvalue weighted by Crippen LogP contribution is 2.34. The van der Waals surface area contributed by atoms with E-state index < -0.39 is 11.6 Å². The zero-order valence-corrected chi connectivity index (χ0v) is 22.8. The second kappa shape index (κ2) is 10.1. The fraction of sp³-hybridized carbons (Fsp3) is 0.464. The molecule has 0 bridgehead atoms. The summed E-state index contributed by atoms with van der Waals surface area (Å²) in [7, 11) is 0. The molecule has 2 aliphatic heterocycles. The maximum absolute atomic E-state index is 15.3. The van der Waals surface area contributed by atoms with Crippen molar-refractivity contribution in [1.29, 1.82) is 0 Å². The normalized spacial score (nSPS) is 16.7. The van der Waals surface area contributed by atoms with Crippen molar-refractivity contribution in [2.24, 2.45) is 0 Å². The first-order valence-corrected chi connectivity index (χ1v) is 13.6. The van der Waals surface area contributed by atoms with Crippen molar-refractivity contribution < 1.29 is 18.1 Å². The Morgan fingerprint density at radius 1 is 1.05 bits per heavy atom. The van der Waals surface area contributed by atoms with E-state index in [0.717, 1.165) is 25.7 Å². The highest BCUT2D eigenvalue weighted by atomic mass is 19.1. The molecule has 0 spiro atoms. The van der Waals surface area contributed by atoms with Crippen LogP contribution in [0.5, 0.6) is 0 Å². The fourth-order valence-electron chi connectivity index (χ4n) is 5.38. The van der Waals surface area contributed by atoms with E-state index in [-0.39, 0.29) is 39.8 Å². The lowest BCUT2D eigenvalue weighted by Crippen LogP contribution is -2.34. The van der Waals surface area contributed by atoms with Gasteiger partial charge in [0.25, 0.3) is 5.91 Å². The Bertz CT molecular complexity index is 1550. The van der Waals surface area contributed by atoms with Gasteiger partial charge in [-0.15, -0.1) is 0 Å². The quantitative estimate of drug-likeness (QED) is 0.361. The maximum Gasteiger partial charge on any atom is 0.324 e. The average Bonchev–Trinajstić information content (AvgIpc) is 3.70. The van der Waals surface area contributed by atoms with Crippen LogP contribution < -0.4 is 10.2 Å². The summed E-state index contributed by atoms with van der Waals surface area (Å²) in [5.41, 5.74) is 0.620. The fourth-order valence-corrected chi connectivity index (χ4v) is 5.38. The van der Waals surface area contributed by atoms with Gasteiger partial charge in [-0.05, 0) is 43.9 Å². The molecule has 3 aromatic heterocycles.